The average Bonchev–Trinajstić information content (AvgIpc) is 2.87. The van der Waals surface area contributed by atoms with E-state index in [1.165, 1.54) is 0 Å². The Bertz CT molecular complexity index is 1210. The molecule has 2 amide bonds. The Morgan fingerprint density at radius 2 is 1.10 bits per heavy atom. The molecule has 0 aliphatic carbocycles. The Kier molecular flexibility index (Phi) is 9.10. The lowest BCUT2D eigenvalue weighted by molar-refractivity contribution is 0.0883. The number of nitrogens with one attached hydrogen (secondary N) is 2. The van der Waals surface area contributed by atoms with E-state index in [2.05, 4.69) is 52.2 Å². The van der Waals surface area contributed by atoms with Crippen LogP contribution in [0.2, 0.25) is 0 Å². The monoisotopic (exact) mass is 530 g/mol. The van der Waals surface area contributed by atoms with Crippen LogP contribution in [0.3, 0.4) is 0 Å². The molecule has 0 heterocycles. The molecule has 0 fully saturated rings. The smallest absolute Gasteiger partial charge is 0.253 e. The van der Waals surface area contributed by atoms with Gasteiger partial charge in [0.15, 0.2) is 11.5 Å². The lowest BCUT2D eigenvalue weighted by Crippen LogP contribution is -2.41. The predicted octanol–water partition coefficient (Wildman–Crippen LogP) is 6.94. The van der Waals surface area contributed by atoms with Crippen molar-refractivity contribution in [2.24, 2.45) is 0 Å². The topological polar surface area (TPSA) is 76.7 Å². The molecule has 0 aliphatic heterocycles. The summed E-state index contributed by atoms with van der Waals surface area (Å²) in [5, 5.41) is 5.98. The second-order valence-corrected chi connectivity index (χ2v) is 12.1. The highest BCUT2D eigenvalue weighted by molar-refractivity contribution is 5.97. The van der Waals surface area contributed by atoms with Crippen LogP contribution in [0, 0.1) is 0 Å². The van der Waals surface area contributed by atoms with Gasteiger partial charge in [-0.3, -0.25) is 9.59 Å². The van der Waals surface area contributed by atoms with Crippen LogP contribution in [0.1, 0.15) is 99.0 Å². The maximum absolute atomic E-state index is 13.3. The van der Waals surface area contributed by atoms with Gasteiger partial charge < -0.3 is 20.1 Å². The van der Waals surface area contributed by atoms with E-state index in [9.17, 15) is 9.59 Å². The number of ether oxygens (including phenoxy) is 2. The van der Waals surface area contributed by atoms with Crippen molar-refractivity contribution in [3.8, 4) is 11.5 Å². The fraction of sp³-hybridized carbons (Fsp3) is 0.394. The molecule has 0 bridgehead atoms. The van der Waals surface area contributed by atoms with Crippen molar-refractivity contribution in [3.05, 3.63) is 94.5 Å². The van der Waals surface area contributed by atoms with Gasteiger partial charge in [0.25, 0.3) is 11.8 Å². The van der Waals surface area contributed by atoms with Crippen LogP contribution >= 0.6 is 0 Å². The maximum atomic E-state index is 13.3. The van der Waals surface area contributed by atoms with Crippen molar-refractivity contribution in [2.75, 3.05) is 7.11 Å². The van der Waals surface area contributed by atoms with E-state index in [-0.39, 0.29) is 28.7 Å². The third kappa shape index (κ3) is 7.85. The molecule has 6 heteroatoms. The SMILES string of the molecule is COc1cc(C(NC(=O)c2ccc(C(C)(C)C)cc2)NC(=O)c2ccc(C(C)(C)C)cc2)ccc1OC(C)C. The molecule has 39 heavy (non-hydrogen) atoms. The Morgan fingerprint density at radius 3 is 1.46 bits per heavy atom. The summed E-state index contributed by atoms with van der Waals surface area (Å²) in [5.74, 6) is 0.498. The summed E-state index contributed by atoms with van der Waals surface area (Å²) in [6, 6.07) is 20.4. The molecular formula is C33H42N2O4. The van der Waals surface area contributed by atoms with Crippen LogP contribution in [-0.2, 0) is 10.8 Å². The molecule has 6 nitrogen and oxygen atoms in total. The highest BCUT2D eigenvalue weighted by Gasteiger charge is 2.22. The highest BCUT2D eigenvalue weighted by atomic mass is 16.5. The first-order valence-corrected chi connectivity index (χ1v) is 13.4. The zero-order chi connectivity index (χ0) is 29.0. The Balaban J connectivity index is 1.92. The minimum atomic E-state index is -0.809. The molecule has 0 aromatic heterocycles. The third-order valence-electron chi connectivity index (χ3n) is 6.46. The molecule has 2 N–H and O–H groups in total. The summed E-state index contributed by atoms with van der Waals surface area (Å²) in [6.45, 7) is 16.6. The molecule has 3 rings (SSSR count). The highest BCUT2D eigenvalue weighted by Crippen LogP contribution is 2.31. The van der Waals surface area contributed by atoms with E-state index in [0.717, 1.165) is 11.1 Å². The maximum Gasteiger partial charge on any atom is 0.253 e. The first-order chi connectivity index (χ1) is 18.2. The summed E-state index contributed by atoms with van der Waals surface area (Å²) in [7, 11) is 1.56. The fourth-order valence-corrected chi connectivity index (χ4v) is 4.09. The Morgan fingerprint density at radius 1 is 0.667 bits per heavy atom. The molecule has 208 valence electrons. The number of carbonyl (C=O) groups excluding carboxylic acids is 2. The van der Waals surface area contributed by atoms with Gasteiger partial charge in [0, 0.05) is 11.1 Å². The number of hydrogen-bond acceptors (Lipinski definition) is 4. The summed E-state index contributed by atoms with van der Waals surface area (Å²) >= 11 is 0. The van der Waals surface area contributed by atoms with Gasteiger partial charge in [-0.1, -0.05) is 71.9 Å². The van der Waals surface area contributed by atoms with E-state index in [1.807, 2.05) is 44.2 Å². The zero-order valence-corrected chi connectivity index (χ0v) is 24.6. The van der Waals surface area contributed by atoms with E-state index in [0.29, 0.717) is 28.2 Å². The van der Waals surface area contributed by atoms with Gasteiger partial charge in [0.1, 0.15) is 6.17 Å². The first kappa shape index (κ1) is 29.8. The van der Waals surface area contributed by atoms with Crippen LogP contribution in [0.15, 0.2) is 66.7 Å². The van der Waals surface area contributed by atoms with Crippen molar-refractivity contribution in [2.45, 2.75) is 78.5 Å². The molecule has 0 unspecified atom stereocenters. The normalized spacial score (nSPS) is 11.9. The number of rotatable bonds is 8. The minimum absolute atomic E-state index is 0.0234. The van der Waals surface area contributed by atoms with Crippen LogP contribution in [0.5, 0.6) is 11.5 Å². The average molecular weight is 531 g/mol. The lowest BCUT2D eigenvalue weighted by atomic mass is 9.86. The van der Waals surface area contributed by atoms with Crippen molar-refractivity contribution in [1.82, 2.24) is 10.6 Å². The standard InChI is InChI=1S/C33H42N2O4/c1-21(2)39-27-19-14-24(20-28(27)38-9)29(34-30(36)22-10-15-25(16-11-22)32(3,4)5)35-31(37)23-12-17-26(18-13-23)33(6,7)8/h10-21,29H,1-9H3,(H,34,36)(H,35,37). The Labute approximate surface area is 233 Å². The number of benzene rings is 3. The van der Waals surface area contributed by atoms with Crippen molar-refractivity contribution < 1.29 is 19.1 Å². The quantitative estimate of drug-likeness (QED) is 0.310. The van der Waals surface area contributed by atoms with Crippen LogP contribution < -0.4 is 20.1 Å². The summed E-state index contributed by atoms with van der Waals surface area (Å²) in [4.78, 5) is 26.6. The Hall–Kier alpha value is -3.80. The molecular weight excluding hydrogens is 488 g/mol. The van der Waals surface area contributed by atoms with Gasteiger partial charge in [-0.2, -0.15) is 0 Å². The lowest BCUT2D eigenvalue weighted by Gasteiger charge is -2.23. The van der Waals surface area contributed by atoms with E-state index in [4.69, 9.17) is 9.47 Å². The molecule has 0 atom stereocenters. The fourth-order valence-electron chi connectivity index (χ4n) is 4.09. The van der Waals surface area contributed by atoms with Crippen LogP contribution in [-0.4, -0.2) is 25.0 Å². The summed E-state index contributed by atoms with van der Waals surface area (Å²) in [6.07, 6.45) is -0.844. The largest absolute Gasteiger partial charge is 0.493 e. The number of amides is 2. The molecule has 0 radical (unpaired) electrons. The molecule has 3 aromatic rings. The van der Waals surface area contributed by atoms with E-state index in [1.54, 1.807) is 43.5 Å². The second kappa shape index (κ2) is 11.9. The molecule has 0 saturated heterocycles. The predicted molar refractivity (Wildman–Crippen MR) is 157 cm³/mol. The molecule has 0 spiro atoms. The number of methoxy groups -OCH3 is 1. The van der Waals surface area contributed by atoms with Crippen LogP contribution in [0.4, 0.5) is 0 Å². The molecule has 0 saturated carbocycles. The minimum Gasteiger partial charge on any atom is -0.493 e. The third-order valence-corrected chi connectivity index (χ3v) is 6.46. The van der Waals surface area contributed by atoms with Crippen molar-refractivity contribution in [3.63, 3.8) is 0 Å². The first-order valence-electron chi connectivity index (χ1n) is 13.4. The number of hydrogen-bond donors (Lipinski definition) is 2. The summed E-state index contributed by atoms with van der Waals surface area (Å²) < 4.78 is 11.4. The van der Waals surface area contributed by atoms with Gasteiger partial charge in [-0.05, 0) is 77.8 Å². The summed E-state index contributed by atoms with van der Waals surface area (Å²) in [5.41, 5.74) is 3.88. The van der Waals surface area contributed by atoms with Gasteiger partial charge in [0.2, 0.25) is 0 Å². The molecule has 0 aliphatic rings. The van der Waals surface area contributed by atoms with Gasteiger partial charge in [-0.15, -0.1) is 0 Å². The van der Waals surface area contributed by atoms with Crippen molar-refractivity contribution >= 4 is 11.8 Å². The van der Waals surface area contributed by atoms with Gasteiger partial charge in [-0.25, -0.2) is 0 Å². The van der Waals surface area contributed by atoms with Crippen LogP contribution in [0.25, 0.3) is 0 Å². The number of carbonyl (C=O) groups is 2. The van der Waals surface area contributed by atoms with E-state index >= 15 is 0 Å². The zero-order valence-electron chi connectivity index (χ0n) is 24.6. The van der Waals surface area contributed by atoms with Gasteiger partial charge >= 0.3 is 0 Å². The molecule has 3 aromatic carbocycles. The van der Waals surface area contributed by atoms with Gasteiger partial charge in [0.05, 0.1) is 13.2 Å². The van der Waals surface area contributed by atoms with Crippen molar-refractivity contribution in [1.29, 1.82) is 0 Å². The van der Waals surface area contributed by atoms with E-state index < -0.39 is 6.17 Å². The second-order valence-electron chi connectivity index (χ2n) is 12.1.